The number of aromatic nitrogens is 2. The van der Waals surface area contributed by atoms with Gasteiger partial charge in [-0.1, -0.05) is 0 Å². The van der Waals surface area contributed by atoms with Crippen molar-refractivity contribution in [3.8, 4) is 11.8 Å². The highest BCUT2D eigenvalue weighted by Gasteiger charge is 1.92. The van der Waals surface area contributed by atoms with Crippen LogP contribution in [0.25, 0.3) is 0 Å². The maximum absolute atomic E-state index is 4.24. The normalized spacial score (nSPS) is 9.31. The van der Waals surface area contributed by atoms with Crippen LogP contribution >= 0.6 is 22.9 Å². The van der Waals surface area contributed by atoms with Gasteiger partial charge in [-0.05, 0) is 36.4 Å². The first-order chi connectivity index (χ1) is 6.34. The third-order valence-corrected chi connectivity index (χ3v) is 2.81. The Labute approximate surface area is 84.4 Å². The number of rotatable bonds is 0. The summed E-state index contributed by atoms with van der Waals surface area (Å²) in [5.41, 5.74) is 0.843. The van der Waals surface area contributed by atoms with Gasteiger partial charge < -0.3 is 0 Å². The van der Waals surface area contributed by atoms with Crippen LogP contribution in [0.2, 0.25) is 0 Å². The second kappa shape index (κ2) is 3.69. The lowest BCUT2D eigenvalue weighted by atomic mass is 10.4. The summed E-state index contributed by atoms with van der Waals surface area (Å²) in [5, 5.41) is 3.01. The van der Waals surface area contributed by atoms with Crippen LogP contribution in [-0.2, 0) is 0 Å². The first-order valence-corrected chi connectivity index (χ1v) is 5.35. The van der Waals surface area contributed by atoms with Crippen molar-refractivity contribution in [2.45, 2.75) is 6.92 Å². The molecule has 0 aliphatic heterocycles. The Balaban J connectivity index is 2.22. The predicted octanol–water partition coefficient (Wildman–Crippen LogP) is 2.31. The van der Waals surface area contributed by atoms with Crippen LogP contribution in [0.15, 0.2) is 17.6 Å². The largest absolute Gasteiger partial charge is 0.233 e. The summed E-state index contributed by atoms with van der Waals surface area (Å²) in [5.74, 6) is 5.99. The molecule has 0 atom stereocenters. The molecule has 0 aliphatic rings. The zero-order valence-electron chi connectivity index (χ0n) is 6.94. The van der Waals surface area contributed by atoms with Crippen LogP contribution in [0, 0.1) is 18.8 Å². The topological polar surface area (TPSA) is 25.8 Å². The van der Waals surface area contributed by atoms with E-state index in [9.17, 15) is 0 Å². The smallest absolute Gasteiger partial charge is 0.124 e. The first kappa shape index (κ1) is 8.42. The Morgan fingerprint density at radius 2 is 2.31 bits per heavy atom. The standard InChI is InChI=1S/C9H6N2S2/c1-7-11-8(6-12-7)2-3-9-4-5-10-13-9/h4-6H,1H3. The molecule has 0 N–H and O–H groups in total. The summed E-state index contributed by atoms with van der Waals surface area (Å²) in [6.07, 6.45) is 1.75. The third-order valence-electron chi connectivity index (χ3n) is 1.37. The Hall–Kier alpha value is -1.18. The van der Waals surface area contributed by atoms with E-state index in [-0.39, 0.29) is 0 Å². The molecular formula is C9H6N2S2. The molecule has 4 heteroatoms. The van der Waals surface area contributed by atoms with Crippen LogP contribution in [0.4, 0.5) is 0 Å². The molecule has 0 saturated carbocycles. The average Bonchev–Trinajstić information content (AvgIpc) is 2.71. The molecule has 0 aromatic carbocycles. The fourth-order valence-corrected chi connectivity index (χ4v) is 1.83. The van der Waals surface area contributed by atoms with Crippen LogP contribution in [0.5, 0.6) is 0 Å². The van der Waals surface area contributed by atoms with Crippen molar-refractivity contribution >= 4 is 22.9 Å². The fourth-order valence-electron chi connectivity index (χ4n) is 0.827. The summed E-state index contributed by atoms with van der Waals surface area (Å²) >= 11 is 3.02. The molecule has 0 amide bonds. The van der Waals surface area contributed by atoms with Crippen LogP contribution in [-0.4, -0.2) is 9.36 Å². The van der Waals surface area contributed by atoms with E-state index in [0.717, 1.165) is 15.6 Å². The number of thiazole rings is 1. The van der Waals surface area contributed by atoms with Crippen LogP contribution in [0.1, 0.15) is 15.6 Å². The summed E-state index contributed by atoms with van der Waals surface area (Å²) in [7, 11) is 0. The molecular weight excluding hydrogens is 200 g/mol. The van der Waals surface area contributed by atoms with Gasteiger partial charge in [0.25, 0.3) is 0 Å². The fraction of sp³-hybridized carbons (Fsp3) is 0.111. The summed E-state index contributed by atoms with van der Waals surface area (Å²) in [6, 6.07) is 1.90. The van der Waals surface area contributed by atoms with Gasteiger partial charge in [0.2, 0.25) is 0 Å². The molecule has 2 nitrogen and oxygen atoms in total. The van der Waals surface area contributed by atoms with Gasteiger partial charge >= 0.3 is 0 Å². The van der Waals surface area contributed by atoms with Crippen molar-refractivity contribution in [1.29, 1.82) is 0 Å². The van der Waals surface area contributed by atoms with E-state index < -0.39 is 0 Å². The Morgan fingerprint density at radius 1 is 1.38 bits per heavy atom. The van der Waals surface area contributed by atoms with Crippen molar-refractivity contribution in [2.75, 3.05) is 0 Å². The number of hydrogen-bond acceptors (Lipinski definition) is 4. The highest BCUT2D eigenvalue weighted by atomic mass is 32.1. The van der Waals surface area contributed by atoms with Crippen molar-refractivity contribution < 1.29 is 0 Å². The third kappa shape index (κ3) is 2.14. The summed E-state index contributed by atoms with van der Waals surface area (Å²) < 4.78 is 3.96. The predicted molar refractivity (Wildman–Crippen MR) is 54.9 cm³/mol. The number of hydrogen-bond donors (Lipinski definition) is 0. The minimum Gasteiger partial charge on any atom is -0.233 e. The molecule has 0 bridgehead atoms. The second-order valence-corrected chi connectivity index (χ2v) is 4.27. The lowest BCUT2D eigenvalue weighted by molar-refractivity contribution is 1.27. The molecule has 2 rings (SSSR count). The summed E-state index contributed by atoms with van der Waals surface area (Å²) in [4.78, 5) is 5.22. The average molecular weight is 206 g/mol. The minimum atomic E-state index is 0.843. The molecule has 0 radical (unpaired) electrons. The first-order valence-electron chi connectivity index (χ1n) is 3.69. The molecule has 2 aromatic rings. The van der Waals surface area contributed by atoms with Crippen molar-refractivity contribution in [2.24, 2.45) is 0 Å². The van der Waals surface area contributed by atoms with E-state index >= 15 is 0 Å². The highest BCUT2D eigenvalue weighted by Crippen LogP contribution is 2.07. The monoisotopic (exact) mass is 206 g/mol. The van der Waals surface area contributed by atoms with E-state index in [4.69, 9.17) is 0 Å². The van der Waals surface area contributed by atoms with Gasteiger partial charge in [0.05, 0.1) is 9.88 Å². The van der Waals surface area contributed by atoms with Gasteiger partial charge in [-0.25, -0.2) is 4.98 Å². The molecule has 64 valence electrons. The van der Waals surface area contributed by atoms with Gasteiger partial charge in [-0.2, -0.15) is 4.37 Å². The van der Waals surface area contributed by atoms with Gasteiger partial charge in [0, 0.05) is 11.6 Å². The lowest BCUT2D eigenvalue weighted by Crippen LogP contribution is -1.72. The van der Waals surface area contributed by atoms with E-state index in [1.807, 2.05) is 18.4 Å². The van der Waals surface area contributed by atoms with E-state index in [0.29, 0.717) is 0 Å². The second-order valence-electron chi connectivity index (χ2n) is 2.38. The molecule has 0 fully saturated rings. The Morgan fingerprint density at radius 3 is 2.92 bits per heavy atom. The van der Waals surface area contributed by atoms with Gasteiger partial charge in [0.15, 0.2) is 0 Å². The lowest BCUT2D eigenvalue weighted by Gasteiger charge is -1.75. The SMILES string of the molecule is Cc1nc(C#Cc2ccns2)cs1. The zero-order chi connectivity index (χ0) is 9.10. The highest BCUT2D eigenvalue weighted by molar-refractivity contribution is 7.09. The Kier molecular flexibility index (Phi) is 2.39. The molecule has 0 saturated heterocycles. The molecule has 0 unspecified atom stereocenters. The molecule has 0 spiro atoms. The molecule has 2 heterocycles. The van der Waals surface area contributed by atoms with Crippen molar-refractivity contribution in [1.82, 2.24) is 9.36 Å². The summed E-state index contributed by atoms with van der Waals surface area (Å²) in [6.45, 7) is 1.97. The number of aryl methyl sites for hydroxylation is 1. The molecule has 13 heavy (non-hydrogen) atoms. The maximum atomic E-state index is 4.24. The van der Waals surface area contributed by atoms with Gasteiger partial charge in [-0.15, -0.1) is 11.3 Å². The molecule has 2 aromatic heterocycles. The quantitative estimate of drug-likeness (QED) is 0.618. The zero-order valence-corrected chi connectivity index (χ0v) is 8.58. The van der Waals surface area contributed by atoms with Crippen LogP contribution in [0.3, 0.4) is 0 Å². The van der Waals surface area contributed by atoms with E-state index in [2.05, 4.69) is 21.2 Å². The number of nitrogens with zero attached hydrogens (tertiary/aromatic N) is 2. The molecule has 0 aliphatic carbocycles. The van der Waals surface area contributed by atoms with Crippen LogP contribution < -0.4 is 0 Å². The van der Waals surface area contributed by atoms with E-state index in [1.54, 1.807) is 17.5 Å². The van der Waals surface area contributed by atoms with Crippen molar-refractivity contribution in [3.63, 3.8) is 0 Å². The van der Waals surface area contributed by atoms with Gasteiger partial charge in [0.1, 0.15) is 5.69 Å². The van der Waals surface area contributed by atoms with Gasteiger partial charge in [-0.3, -0.25) is 0 Å². The Bertz CT molecular complexity index is 445. The van der Waals surface area contributed by atoms with Crippen molar-refractivity contribution in [3.05, 3.63) is 33.2 Å². The van der Waals surface area contributed by atoms with E-state index in [1.165, 1.54) is 11.5 Å². The minimum absolute atomic E-state index is 0.843. The maximum Gasteiger partial charge on any atom is 0.124 e.